The number of ether oxygens (including phenoxy) is 6. The van der Waals surface area contributed by atoms with Crippen molar-refractivity contribution in [1.29, 1.82) is 0 Å². The molecule has 1 aliphatic rings. The zero-order valence-corrected chi connectivity index (χ0v) is 28.6. The molecule has 1 aliphatic heterocycles. The lowest BCUT2D eigenvalue weighted by Gasteiger charge is -2.26. The third-order valence-electron chi connectivity index (χ3n) is 7.50. The van der Waals surface area contributed by atoms with Gasteiger partial charge in [-0.3, -0.25) is 0 Å². The van der Waals surface area contributed by atoms with Crippen LogP contribution in [-0.2, 0) is 28.4 Å². The standard InChI is InChI=1S/C38H36N2O11/c1-22-39-28(27(29(40-22)37(45)46-5)36(44)51-38(2,3)4)31-32(50-35(43)25-19-13-8-14-20-25)30(49-34(42)24-17-11-7-12-18-24)26(48-31)21-47-33(41)23-15-9-6-10-16-23/h6-20,26,30-32H,21H2,1-5H3/t26-,30-,31+,32-/m1/s1. The molecular formula is C38H36N2O11. The first-order chi connectivity index (χ1) is 24.4. The van der Waals surface area contributed by atoms with Gasteiger partial charge in [-0.1, -0.05) is 54.6 Å². The third kappa shape index (κ3) is 8.81. The molecule has 0 spiro atoms. The van der Waals surface area contributed by atoms with Gasteiger partial charge in [-0.15, -0.1) is 0 Å². The van der Waals surface area contributed by atoms with E-state index in [0.29, 0.717) is 0 Å². The summed E-state index contributed by atoms with van der Waals surface area (Å²) in [7, 11) is 1.12. The largest absolute Gasteiger partial charge is 0.464 e. The molecular weight excluding hydrogens is 660 g/mol. The molecule has 51 heavy (non-hydrogen) atoms. The highest BCUT2D eigenvalue weighted by molar-refractivity contribution is 6.03. The van der Waals surface area contributed by atoms with Gasteiger partial charge >= 0.3 is 29.8 Å². The fourth-order valence-electron chi connectivity index (χ4n) is 5.27. The smallest absolute Gasteiger partial charge is 0.357 e. The van der Waals surface area contributed by atoms with Crippen molar-refractivity contribution >= 4 is 29.8 Å². The average Bonchev–Trinajstić information content (AvgIpc) is 3.45. The Hall–Kier alpha value is -5.95. The molecule has 0 N–H and O–H groups in total. The number of methoxy groups -OCH3 is 1. The summed E-state index contributed by atoms with van der Waals surface area (Å²) in [5, 5.41) is 0. The maximum atomic E-state index is 13.8. The molecule has 0 unspecified atom stereocenters. The van der Waals surface area contributed by atoms with E-state index in [0.717, 1.165) is 7.11 Å². The van der Waals surface area contributed by atoms with Crippen LogP contribution in [-0.4, -0.2) is 77.4 Å². The summed E-state index contributed by atoms with van der Waals surface area (Å²) in [6.45, 7) is 5.88. The van der Waals surface area contributed by atoms with Crippen LogP contribution in [0, 0.1) is 6.92 Å². The number of hydrogen-bond donors (Lipinski definition) is 0. The van der Waals surface area contributed by atoms with E-state index in [9.17, 15) is 24.0 Å². The summed E-state index contributed by atoms with van der Waals surface area (Å²) in [6, 6.07) is 24.3. The van der Waals surface area contributed by atoms with E-state index in [1.165, 1.54) is 31.2 Å². The van der Waals surface area contributed by atoms with Crippen LogP contribution in [0.15, 0.2) is 91.0 Å². The second-order valence-electron chi connectivity index (χ2n) is 12.4. The van der Waals surface area contributed by atoms with Crippen molar-refractivity contribution in [3.8, 4) is 0 Å². The Labute approximate surface area is 293 Å². The topological polar surface area (TPSA) is 167 Å². The maximum Gasteiger partial charge on any atom is 0.357 e. The van der Waals surface area contributed by atoms with Crippen LogP contribution < -0.4 is 0 Å². The average molecular weight is 697 g/mol. The zero-order valence-electron chi connectivity index (χ0n) is 28.6. The van der Waals surface area contributed by atoms with E-state index in [1.807, 2.05) is 0 Å². The molecule has 0 saturated carbocycles. The number of benzene rings is 3. The summed E-state index contributed by atoms with van der Waals surface area (Å²) < 4.78 is 34.6. The van der Waals surface area contributed by atoms with Crippen molar-refractivity contribution in [3.63, 3.8) is 0 Å². The molecule has 13 heteroatoms. The van der Waals surface area contributed by atoms with Crippen LogP contribution >= 0.6 is 0 Å². The van der Waals surface area contributed by atoms with Crippen LogP contribution in [0.1, 0.15) is 90.3 Å². The van der Waals surface area contributed by atoms with Crippen molar-refractivity contribution in [2.24, 2.45) is 0 Å². The van der Waals surface area contributed by atoms with Crippen molar-refractivity contribution < 1.29 is 52.4 Å². The maximum absolute atomic E-state index is 13.8. The number of rotatable bonds is 10. The fraction of sp³-hybridized carbons (Fsp3) is 0.289. The Kier molecular flexibility index (Phi) is 11.2. The van der Waals surface area contributed by atoms with Crippen LogP contribution in [0.3, 0.4) is 0 Å². The molecule has 4 atom stereocenters. The molecule has 3 aromatic carbocycles. The highest BCUT2D eigenvalue weighted by Crippen LogP contribution is 2.40. The molecule has 13 nitrogen and oxygen atoms in total. The number of aryl methyl sites for hydroxylation is 1. The first-order valence-electron chi connectivity index (χ1n) is 16.0. The SMILES string of the molecule is COC(=O)c1nc(C)nc([C@@H]2O[C@H](COC(=O)c3ccccc3)[C@@H](OC(=O)c3ccccc3)[C@H]2OC(=O)c2ccccc2)c1C(=O)OC(C)(C)C. The van der Waals surface area contributed by atoms with Gasteiger partial charge in [0, 0.05) is 0 Å². The number of nitrogens with zero attached hydrogens (tertiary/aromatic N) is 2. The summed E-state index contributed by atoms with van der Waals surface area (Å²) >= 11 is 0. The van der Waals surface area contributed by atoms with E-state index < -0.39 is 77.7 Å². The number of carbonyl (C=O) groups excluding carboxylic acids is 5. The van der Waals surface area contributed by atoms with E-state index in [4.69, 9.17) is 28.4 Å². The number of carbonyl (C=O) groups is 5. The van der Waals surface area contributed by atoms with Gasteiger partial charge in [-0.2, -0.15) is 0 Å². The van der Waals surface area contributed by atoms with Crippen molar-refractivity contribution in [1.82, 2.24) is 9.97 Å². The Bertz CT molecular complexity index is 1890. The van der Waals surface area contributed by atoms with Gasteiger partial charge in [0.25, 0.3) is 0 Å². The minimum absolute atomic E-state index is 0.0335. The molecule has 1 fully saturated rings. The molecule has 264 valence electrons. The van der Waals surface area contributed by atoms with Crippen molar-refractivity contribution in [2.75, 3.05) is 13.7 Å². The molecule has 1 saturated heterocycles. The number of esters is 5. The molecule has 0 radical (unpaired) electrons. The van der Waals surface area contributed by atoms with Gasteiger partial charge in [-0.05, 0) is 64.1 Å². The fourth-order valence-corrected chi connectivity index (χ4v) is 5.27. The normalized spacial score (nSPS) is 18.3. The van der Waals surface area contributed by atoms with Crippen LogP contribution in [0.25, 0.3) is 0 Å². The lowest BCUT2D eigenvalue weighted by atomic mass is 9.99. The van der Waals surface area contributed by atoms with Crippen LogP contribution in [0.4, 0.5) is 0 Å². The summed E-state index contributed by atoms with van der Waals surface area (Å²) in [5.41, 5.74) is -1.49. The van der Waals surface area contributed by atoms with E-state index in [2.05, 4.69) is 9.97 Å². The van der Waals surface area contributed by atoms with Gasteiger partial charge in [0.15, 0.2) is 17.9 Å². The van der Waals surface area contributed by atoms with E-state index in [-0.39, 0.29) is 28.2 Å². The minimum Gasteiger partial charge on any atom is -0.464 e. The summed E-state index contributed by atoms with van der Waals surface area (Å²) in [4.78, 5) is 75.7. The lowest BCUT2D eigenvalue weighted by Crippen LogP contribution is -2.41. The molecule has 0 amide bonds. The predicted octanol–water partition coefficient (Wildman–Crippen LogP) is 5.28. The van der Waals surface area contributed by atoms with Gasteiger partial charge in [0.05, 0.1) is 29.5 Å². The number of aromatic nitrogens is 2. The van der Waals surface area contributed by atoms with Gasteiger partial charge in [0.2, 0.25) is 0 Å². The first-order valence-corrected chi connectivity index (χ1v) is 16.0. The Morgan fingerprint density at radius 3 is 1.65 bits per heavy atom. The first kappa shape index (κ1) is 36.3. The van der Waals surface area contributed by atoms with Gasteiger partial charge < -0.3 is 28.4 Å². The quantitative estimate of drug-likeness (QED) is 0.155. The minimum atomic E-state index is -1.51. The summed E-state index contributed by atoms with van der Waals surface area (Å²) in [5.74, 6) is -4.26. The Balaban J connectivity index is 1.64. The third-order valence-corrected chi connectivity index (χ3v) is 7.50. The predicted molar refractivity (Wildman–Crippen MR) is 179 cm³/mol. The van der Waals surface area contributed by atoms with E-state index in [1.54, 1.807) is 87.5 Å². The molecule has 4 aromatic rings. The van der Waals surface area contributed by atoms with Crippen molar-refractivity contribution in [3.05, 3.63) is 130 Å². The molecule has 0 bridgehead atoms. The van der Waals surface area contributed by atoms with Gasteiger partial charge in [0.1, 0.15) is 35.8 Å². The van der Waals surface area contributed by atoms with Crippen molar-refractivity contribution in [2.45, 2.75) is 57.7 Å². The number of hydrogen-bond acceptors (Lipinski definition) is 13. The molecule has 2 heterocycles. The lowest BCUT2D eigenvalue weighted by molar-refractivity contribution is -0.0453. The van der Waals surface area contributed by atoms with Crippen LogP contribution in [0.2, 0.25) is 0 Å². The molecule has 5 rings (SSSR count). The van der Waals surface area contributed by atoms with Crippen LogP contribution in [0.5, 0.6) is 0 Å². The summed E-state index contributed by atoms with van der Waals surface area (Å²) in [6.07, 6.45) is -5.69. The zero-order chi connectivity index (χ0) is 36.7. The monoisotopic (exact) mass is 696 g/mol. The second-order valence-corrected chi connectivity index (χ2v) is 12.4. The molecule has 0 aliphatic carbocycles. The highest BCUT2D eigenvalue weighted by Gasteiger charge is 2.53. The molecule has 1 aromatic heterocycles. The van der Waals surface area contributed by atoms with E-state index >= 15 is 0 Å². The highest BCUT2D eigenvalue weighted by atomic mass is 16.7. The Morgan fingerprint density at radius 2 is 1.16 bits per heavy atom. The Morgan fingerprint density at radius 1 is 0.667 bits per heavy atom. The second kappa shape index (κ2) is 15.7. The van der Waals surface area contributed by atoms with Gasteiger partial charge in [-0.25, -0.2) is 33.9 Å².